The van der Waals surface area contributed by atoms with Crippen molar-refractivity contribution in [3.63, 3.8) is 0 Å². The number of hydrogen-bond acceptors (Lipinski definition) is 6. The van der Waals surface area contributed by atoms with Crippen LogP contribution in [0.4, 0.5) is 17.6 Å². The summed E-state index contributed by atoms with van der Waals surface area (Å²) in [5.74, 6) is -0.564. The number of aliphatic hydroxyl groups is 1. The van der Waals surface area contributed by atoms with Crippen LogP contribution in [-0.2, 0) is 21.0 Å². The van der Waals surface area contributed by atoms with Crippen LogP contribution in [-0.4, -0.2) is 78.5 Å². The van der Waals surface area contributed by atoms with Gasteiger partial charge in [-0.05, 0) is 105 Å². The molecule has 0 saturated carbocycles. The van der Waals surface area contributed by atoms with Gasteiger partial charge in [-0.1, -0.05) is 6.07 Å². The van der Waals surface area contributed by atoms with E-state index in [1.165, 1.54) is 16.4 Å². The zero-order valence-corrected chi connectivity index (χ0v) is 26.7. The van der Waals surface area contributed by atoms with Crippen LogP contribution in [0, 0.1) is 20.8 Å². The van der Waals surface area contributed by atoms with Crippen LogP contribution in [0.2, 0.25) is 0 Å². The van der Waals surface area contributed by atoms with E-state index in [0.717, 1.165) is 17.5 Å². The number of likely N-dealkylation sites (tertiary alicyclic amines) is 1. The number of benzene rings is 2. The molecule has 5 rings (SSSR count). The highest BCUT2D eigenvalue weighted by molar-refractivity contribution is 7.92. The van der Waals surface area contributed by atoms with Crippen molar-refractivity contribution in [1.82, 2.24) is 19.8 Å². The van der Waals surface area contributed by atoms with Gasteiger partial charge < -0.3 is 15.3 Å². The smallest absolute Gasteiger partial charge is 0.387 e. The maximum absolute atomic E-state index is 13.3. The van der Waals surface area contributed by atoms with Crippen molar-refractivity contribution in [2.75, 3.05) is 32.9 Å². The van der Waals surface area contributed by atoms with Gasteiger partial charge in [0.15, 0.2) is 0 Å². The molecule has 250 valence electrons. The predicted octanol–water partition coefficient (Wildman–Crippen LogP) is 4.12. The number of piperidine rings is 2. The molecular formula is C32H38F4N4O5S. The molecule has 3 N–H and O–H groups in total. The van der Waals surface area contributed by atoms with Crippen molar-refractivity contribution in [1.29, 1.82) is 0 Å². The molecule has 1 atom stereocenters. The Balaban J connectivity index is 1.23. The van der Waals surface area contributed by atoms with Crippen LogP contribution in [0.25, 0.3) is 6.08 Å². The van der Waals surface area contributed by atoms with Gasteiger partial charge in [-0.15, -0.1) is 0 Å². The average Bonchev–Trinajstić information content (AvgIpc) is 3.30. The van der Waals surface area contributed by atoms with Gasteiger partial charge in [0.2, 0.25) is 15.9 Å². The van der Waals surface area contributed by atoms with E-state index in [1.807, 2.05) is 0 Å². The largest absolute Gasteiger partial charge is 0.416 e. The van der Waals surface area contributed by atoms with Crippen molar-refractivity contribution < 1.29 is 40.7 Å². The quantitative estimate of drug-likeness (QED) is 0.400. The standard InChI is InChI=1S/C32H38F4N4O5S/c1-20-16-23(28(41)39-11-7-30(43,19-33)8-12-39)17-21(2)25(20)6-15-46(44,45)40-13-9-31(10-14-40)29(42)37-27(38-31)26-5-4-24(18-22(26)3)32(34,35)36/h4-6,15-18,27,38,43H,7-14,19H2,1-3H3,(H,37,42)/b15-6+. The second-order valence-corrected chi connectivity index (χ2v) is 14.4. The fourth-order valence-electron chi connectivity index (χ4n) is 6.52. The molecule has 0 aliphatic carbocycles. The Labute approximate surface area is 265 Å². The van der Waals surface area contributed by atoms with E-state index in [9.17, 15) is 40.7 Å². The van der Waals surface area contributed by atoms with E-state index in [1.54, 1.807) is 37.8 Å². The first-order chi connectivity index (χ1) is 21.5. The summed E-state index contributed by atoms with van der Waals surface area (Å²) in [6.07, 6.45) is -3.03. The van der Waals surface area contributed by atoms with E-state index in [4.69, 9.17) is 0 Å². The Morgan fingerprint density at radius 1 is 1.00 bits per heavy atom. The Kier molecular flexibility index (Phi) is 9.14. The lowest BCUT2D eigenvalue weighted by atomic mass is 9.88. The van der Waals surface area contributed by atoms with Crippen molar-refractivity contribution in [3.8, 4) is 0 Å². The zero-order chi connectivity index (χ0) is 33.7. The highest BCUT2D eigenvalue weighted by Crippen LogP contribution is 2.36. The van der Waals surface area contributed by atoms with Gasteiger partial charge in [-0.3, -0.25) is 14.9 Å². The highest BCUT2D eigenvalue weighted by Gasteiger charge is 2.49. The molecule has 1 spiro atoms. The number of alkyl halides is 4. The molecule has 2 aromatic carbocycles. The second-order valence-electron chi connectivity index (χ2n) is 12.6. The Bertz CT molecular complexity index is 1640. The normalized spacial score (nSPS) is 22.0. The maximum atomic E-state index is 13.3. The van der Waals surface area contributed by atoms with Crippen LogP contribution < -0.4 is 10.6 Å². The van der Waals surface area contributed by atoms with Gasteiger partial charge in [0.25, 0.3) is 5.91 Å². The van der Waals surface area contributed by atoms with E-state index >= 15 is 0 Å². The fraction of sp³-hybridized carbons (Fsp3) is 0.500. The summed E-state index contributed by atoms with van der Waals surface area (Å²) in [4.78, 5) is 27.7. The lowest BCUT2D eigenvalue weighted by molar-refractivity contribution is -0.137. The van der Waals surface area contributed by atoms with E-state index in [2.05, 4.69) is 10.6 Å². The van der Waals surface area contributed by atoms with Crippen molar-refractivity contribution in [2.24, 2.45) is 0 Å². The molecule has 3 fully saturated rings. The number of sulfonamides is 1. The fourth-order valence-corrected chi connectivity index (χ4v) is 7.69. The molecule has 0 radical (unpaired) electrons. The Morgan fingerprint density at radius 2 is 1.61 bits per heavy atom. The number of carbonyl (C=O) groups excluding carboxylic acids is 2. The number of nitrogens with one attached hydrogen (secondary N) is 2. The third kappa shape index (κ3) is 6.71. The first-order valence-electron chi connectivity index (χ1n) is 15.1. The van der Waals surface area contributed by atoms with Crippen LogP contribution in [0.5, 0.6) is 0 Å². The first kappa shape index (κ1) is 34.0. The molecule has 3 aliphatic heterocycles. The summed E-state index contributed by atoms with van der Waals surface area (Å²) in [6.45, 7) is 4.84. The third-order valence-electron chi connectivity index (χ3n) is 9.45. The van der Waals surface area contributed by atoms with Crippen LogP contribution in [0.15, 0.2) is 35.7 Å². The zero-order valence-electron chi connectivity index (χ0n) is 25.9. The number of halogens is 4. The minimum Gasteiger partial charge on any atom is -0.387 e. The summed E-state index contributed by atoms with van der Waals surface area (Å²) in [5.41, 5.74) is 0.118. The number of amides is 2. The second kappa shape index (κ2) is 12.4. The van der Waals surface area contributed by atoms with Gasteiger partial charge >= 0.3 is 6.18 Å². The molecule has 0 bridgehead atoms. The molecule has 9 nitrogen and oxygen atoms in total. The Morgan fingerprint density at radius 3 is 2.15 bits per heavy atom. The molecular weight excluding hydrogens is 628 g/mol. The van der Waals surface area contributed by atoms with Gasteiger partial charge in [-0.25, -0.2) is 12.8 Å². The van der Waals surface area contributed by atoms with Gasteiger partial charge in [0, 0.05) is 37.2 Å². The topological polar surface area (TPSA) is 119 Å². The van der Waals surface area contributed by atoms with E-state index in [-0.39, 0.29) is 63.7 Å². The molecule has 3 heterocycles. The van der Waals surface area contributed by atoms with Crippen LogP contribution in [0.1, 0.15) is 75.6 Å². The summed E-state index contributed by atoms with van der Waals surface area (Å²) < 4.78 is 80.3. The average molecular weight is 667 g/mol. The van der Waals surface area contributed by atoms with Crippen molar-refractivity contribution in [2.45, 2.75) is 69.9 Å². The molecule has 3 saturated heterocycles. The van der Waals surface area contributed by atoms with Crippen LogP contribution >= 0.6 is 0 Å². The number of nitrogens with zero attached hydrogens (tertiary/aromatic N) is 2. The molecule has 1 unspecified atom stereocenters. The van der Waals surface area contributed by atoms with Gasteiger partial charge in [-0.2, -0.15) is 17.5 Å². The Hall–Kier alpha value is -3.33. The molecule has 2 amide bonds. The number of rotatable bonds is 6. The number of hydrogen-bond donors (Lipinski definition) is 3. The van der Waals surface area contributed by atoms with Crippen molar-refractivity contribution in [3.05, 3.63) is 74.7 Å². The lowest BCUT2D eigenvalue weighted by Crippen LogP contribution is -2.55. The van der Waals surface area contributed by atoms with Gasteiger partial charge in [0.05, 0.1) is 11.2 Å². The molecule has 14 heteroatoms. The van der Waals surface area contributed by atoms with E-state index < -0.39 is 45.7 Å². The maximum Gasteiger partial charge on any atom is 0.416 e. The SMILES string of the molecule is Cc1cc(C(F)(F)F)ccc1C1NC(=O)C2(CCN(S(=O)(=O)/C=C/c3c(C)cc(C(=O)N4CCC(O)(CF)CC4)cc3C)CC2)N1. The van der Waals surface area contributed by atoms with Crippen LogP contribution in [0.3, 0.4) is 0 Å². The summed E-state index contributed by atoms with van der Waals surface area (Å²) >= 11 is 0. The van der Waals surface area contributed by atoms with Gasteiger partial charge in [0.1, 0.15) is 18.4 Å². The highest BCUT2D eigenvalue weighted by atomic mass is 32.2. The predicted molar refractivity (Wildman–Crippen MR) is 164 cm³/mol. The number of aryl methyl sites for hydroxylation is 3. The first-order valence-corrected chi connectivity index (χ1v) is 16.6. The molecule has 46 heavy (non-hydrogen) atoms. The summed E-state index contributed by atoms with van der Waals surface area (Å²) in [7, 11) is -3.87. The molecule has 2 aromatic rings. The summed E-state index contributed by atoms with van der Waals surface area (Å²) in [6, 6.07) is 6.72. The third-order valence-corrected chi connectivity index (χ3v) is 11.0. The molecule has 0 aromatic heterocycles. The van der Waals surface area contributed by atoms with Crippen molar-refractivity contribution >= 4 is 27.9 Å². The molecule has 3 aliphatic rings. The minimum atomic E-state index is -4.48. The minimum absolute atomic E-state index is 0.0601. The summed E-state index contributed by atoms with van der Waals surface area (Å²) in [5, 5.41) is 17.3. The monoisotopic (exact) mass is 666 g/mol. The lowest BCUT2D eigenvalue weighted by Gasteiger charge is -2.36. The number of carbonyl (C=O) groups is 2. The van der Waals surface area contributed by atoms with E-state index in [0.29, 0.717) is 33.4 Å².